The van der Waals surface area contributed by atoms with E-state index >= 15 is 0 Å². The molecule has 2 aromatic rings. The highest BCUT2D eigenvalue weighted by atomic mass is 35.5. The van der Waals surface area contributed by atoms with E-state index in [9.17, 15) is 14.4 Å². The molecule has 2 N–H and O–H groups in total. The van der Waals surface area contributed by atoms with Crippen LogP contribution >= 0.6 is 35.2 Å². The molecule has 0 saturated carbocycles. The van der Waals surface area contributed by atoms with Crippen LogP contribution in [0.5, 0.6) is 0 Å². The van der Waals surface area contributed by atoms with Crippen LogP contribution in [0.15, 0.2) is 64.5 Å². The SMILES string of the molecule is O=C(NCC1CN(c2ccc(NC(=O)c3cccs3)cc2)C(=O)O1)C1=CC(Cl)=CCC1=S. The number of hydrogen-bond acceptors (Lipinski definition) is 6. The lowest BCUT2D eigenvalue weighted by atomic mass is 10.0. The second-order valence-corrected chi connectivity index (χ2v) is 8.96. The van der Waals surface area contributed by atoms with Crippen molar-refractivity contribution in [2.24, 2.45) is 0 Å². The third kappa shape index (κ3) is 5.07. The molecule has 2 aliphatic rings. The van der Waals surface area contributed by atoms with Gasteiger partial charge in [0, 0.05) is 27.7 Å². The number of carbonyl (C=O) groups is 3. The molecule has 1 aromatic heterocycles. The number of nitrogens with zero attached hydrogens (tertiary/aromatic N) is 1. The van der Waals surface area contributed by atoms with E-state index in [0.717, 1.165) is 0 Å². The second-order valence-electron chi connectivity index (χ2n) is 7.08. The van der Waals surface area contributed by atoms with Crippen molar-refractivity contribution in [3.8, 4) is 0 Å². The van der Waals surface area contributed by atoms with E-state index in [0.29, 0.717) is 38.1 Å². The summed E-state index contributed by atoms with van der Waals surface area (Å²) in [5, 5.41) is 7.87. The van der Waals surface area contributed by atoms with Crippen LogP contribution in [0.4, 0.5) is 16.2 Å². The molecular formula is C22H18ClN3O4S2. The first-order valence-electron chi connectivity index (χ1n) is 9.72. The van der Waals surface area contributed by atoms with E-state index in [1.807, 2.05) is 11.4 Å². The summed E-state index contributed by atoms with van der Waals surface area (Å²) in [6, 6.07) is 10.5. The third-order valence-electron chi connectivity index (χ3n) is 4.86. The van der Waals surface area contributed by atoms with Crippen molar-refractivity contribution < 1.29 is 19.1 Å². The number of halogens is 1. The molecule has 10 heteroatoms. The summed E-state index contributed by atoms with van der Waals surface area (Å²) in [6.07, 6.45) is 2.72. The maximum Gasteiger partial charge on any atom is 0.414 e. The number of cyclic esters (lactones) is 1. The van der Waals surface area contributed by atoms with E-state index in [1.165, 1.54) is 22.3 Å². The number of hydrogen-bond donors (Lipinski definition) is 2. The van der Waals surface area contributed by atoms with Crippen LogP contribution in [0.25, 0.3) is 0 Å². The molecule has 1 aromatic carbocycles. The summed E-state index contributed by atoms with van der Waals surface area (Å²) >= 11 is 12.5. The number of thiophene rings is 1. The van der Waals surface area contributed by atoms with Gasteiger partial charge in [-0.05, 0) is 41.8 Å². The molecule has 1 aliphatic carbocycles. The van der Waals surface area contributed by atoms with Crippen LogP contribution in [0.3, 0.4) is 0 Å². The van der Waals surface area contributed by atoms with Crippen LogP contribution in [-0.2, 0) is 9.53 Å². The zero-order valence-electron chi connectivity index (χ0n) is 16.7. The maximum atomic E-state index is 12.4. The number of anilines is 2. The van der Waals surface area contributed by atoms with Gasteiger partial charge in [-0.2, -0.15) is 0 Å². The summed E-state index contributed by atoms with van der Waals surface area (Å²) in [5.41, 5.74) is 1.60. The minimum Gasteiger partial charge on any atom is -0.442 e. The van der Waals surface area contributed by atoms with Crippen molar-refractivity contribution in [2.45, 2.75) is 12.5 Å². The van der Waals surface area contributed by atoms with E-state index in [-0.39, 0.29) is 24.9 Å². The minimum atomic E-state index is -0.506. The number of allylic oxidation sites excluding steroid dienone is 3. The molecule has 1 saturated heterocycles. The number of rotatable bonds is 6. The molecule has 0 bridgehead atoms. The molecule has 1 aliphatic heterocycles. The normalized spacial score (nSPS) is 18.0. The molecule has 1 fully saturated rings. The zero-order chi connectivity index (χ0) is 22.7. The Morgan fingerprint density at radius 1 is 1.22 bits per heavy atom. The molecule has 0 spiro atoms. The monoisotopic (exact) mass is 487 g/mol. The molecule has 7 nitrogen and oxygen atoms in total. The van der Waals surface area contributed by atoms with Gasteiger partial charge in [0.2, 0.25) is 0 Å². The smallest absolute Gasteiger partial charge is 0.414 e. The minimum absolute atomic E-state index is 0.150. The van der Waals surface area contributed by atoms with E-state index < -0.39 is 12.2 Å². The molecule has 1 unspecified atom stereocenters. The van der Waals surface area contributed by atoms with Crippen molar-refractivity contribution in [1.29, 1.82) is 0 Å². The van der Waals surface area contributed by atoms with Gasteiger partial charge in [0.15, 0.2) is 0 Å². The molecule has 3 amide bonds. The van der Waals surface area contributed by atoms with Crippen LogP contribution in [0.2, 0.25) is 0 Å². The average molecular weight is 488 g/mol. The molecule has 1 atom stereocenters. The highest BCUT2D eigenvalue weighted by Gasteiger charge is 2.33. The van der Waals surface area contributed by atoms with Crippen molar-refractivity contribution in [1.82, 2.24) is 5.32 Å². The van der Waals surface area contributed by atoms with Crippen molar-refractivity contribution in [3.05, 3.63) is 69.4 Å². The zero-order valence-corrected chi connectivity index (χ0v) is 19.1. The van der Waals surface area contributed by atoms with Gasteiger partial charge in [0.25, 0.3) is 11.8 Å². The van der Waals surface area contributed by atoms with Gasteiger partial charge >= 0.3 is 6.09 Å². The maximum absolute atomic E-state index is 12.4. The van der Waals surface area contributed by atoms with Gasteiger partial charge < -0.3 is 15.4 Å². The lowest BCUT2D eigenvalue weighted by molar-refractivity contribution is -0.117. The van der Waals surface area contributed by atoms with Gasteiger partial charge in [0.1, 0.15) is 6.10 Å². The fourth-order valence-electron chi connectivity index (χ4n) is 3.24. The number of nitrogens with one attached hydrogen (secondary N) is 2. The quantitative estimate of drug-likeness (QED) is 0.594. The van der Waals surface area contributed by atoms with E-state index in [4.69, 9.17) is 28.6 Å². The molecule has 0 radical (unpaired) electrons. The van der Waals surface area contributed by atoms with Crippen LogP contribution in [0.1, 0.15) is 16.1 Å². The van der Waals surface area contributed by atoms with Crippen LogP contribution in [0, 0.1) is 0 Å². The standard InChI is InChI=1S/C22H18ClN3O4S2/c23-13-3-8-18(31)17(10-13)20(27)24-11-16-12-26(22(29)30-16)15-6-4-14(5-7-15)25-21(28)19-2-1-9-32-19/h1-7,9-10,16H,8,11-12H2,(H,24,27)(H,25,28). The van der Waals surface area contributed by atoms with Gasteiger partial charge in [-0.3, -0.25) is 14.5 Å². The number of carbonyl (C=O) groups excluding carboxylic acids is 3. The first-order valence-corrected chi connectivity index (χ1v) is 11.4. The summed E-state index contributed by atoms with van der Waals surface area (Å²) in [4.78, 5) is 39.5. The number of amides is 3. The topological polar surface area (TPSA) is 87.7 Å². The number of thiocarbonyl (C=S) groups is 1. The lowest BCUT2D eigenvalue weighted by Crippen LogP contribution is -2.36. The van der Waals surface area contributed by atoms with Crippen molar-refractivity contribution in [3.63, 3.8) is 0 Å². The largest absolute Gasteiger partial charge is 0.442 e. The second kappa shape index (κ2) is 9.64. The Morgan fingerprint density at radius 2 is 2.00 bits per heavy atom. The number of benzene rings is 1. The van der Waals surface area contributed by atoms with Gasteiger partial charge in [-0.15, -0.1) is 11.3 Å². The Balaban J connectivity index is 1.32. The number of ether oxygens (including phenoxy) is 1. The summed E-state index contributed by atoms with van der Waals surface area (Å²) in [5.74, 6) is -0.532. The predicted octanol–water partition coefficient (Wildman–Crippen LogP) is 4.26. The van der Waals surface area contributed by atoms with Gasteiger partial charge in [-0.1, -0.05) is 36.0 Å². The Hall–Kier alpha value is -3.01. The van der Waals surface area contributed by atoms with Gasteiger partial charge in [0.05, 0.1) is 23.5 Å². The fraction of sp³-hybridized carbons (Fsp3) is 0.182. The first kappa shape index (κ1) is 22.2. The highest BCUT2D eigenvalue weighted by Crippen LogP contribution is 2.24. The van der Waals surface area contributed by atoms with Crippen molar-refractivity contribution >= 4 is 69.3 Å². The third-order valence-corrected chi connectivity index (χ3v) is 6.37. The molecule has 2 heterocycles. The summed E-state index contributed by atoms with van der Waals surface area (Å²) < 4.78 is 5.37. The van der Waals surface area contributed by atoms with Gasteiger partial charge in [-0.25, -0.2) is 4.79 Å². The molecule has 32 heavy (non-hydrogen) atoms. The average Bonchev–Trinajstić information content (AvgIpc) is 3.44. The van der Waals surface area contributed by atoms with Crippen LogP contribution in [-0.4, -0.2) is 42.0 Å². The Morgan fingerprint density at radius 3 is 2.72 bits per heavy atom. The molecular weight excluding hydrogens is 470 g/mol. The Bertz CT molecular complexity index is 1130. The molecule has 4 rings (SSSR count). The predicted molar refractivity (Wildman–Crippen MR) is 129 cm³/mol. The Kier molecular flexibility index (Phi) is 6.69. The molecule has 164 valence electrons. The van der Waals surface area contributed by atoms with Crippen LogP contribution < -0.4 is 15.5 Å². The van der Waals surface area contributed by atoms with Crippen molar-refractivity contribution in [2.75, 3.05) is 23.3 Å². The summed E-state index contributed by atoms with van der Waals surface area (Å²) in [7, 11) is 0. The Labute approximate surface area is 198 Å². The van der Waals surface area contributed by atoms with E-state index in [1.54, 1.807) is 36.4 Å². The summed E-state index contributed by atoms with van der Waals surface area (Å²) in [6.45, 7) is 0.432. The lowest BCUT2D eigenvalue weighted by Gasteiger charge is -2.15. The first-order chi connectivity index (χ1) is 15.4. The fourth-order valence-corrected chi connectivity index (χ4v) is 4.28. The highest BCUT2D eigenvalue weighted by molar-refractivity contribution is 7.81. The van der Waals surface area contributed by atoms with E-state index in [2.05, 4.69) is 10.6 Å².